The summed E-state index contributed by atoms with van der Waals surface area (Å²) in [6, 6.07) is 8.08. The first-order valence-corrected chi connectivity index (χ1v) is 6.29. The lowest BCUT2D eigenvalue weighted by molar-refractivity contribution is 0.208. The number of aliphatic hydroxyl groups excluding tert-OH is 1. The minimum absolute atomic E-state index is 0.0255. The highest BCUT2D eigenvalue weighted by atomic mass is 79.9. The van der Waals surface area contributed by atoms with Crippen LogP contribution in [0.2, 0.25) is 0 Å². The Bertz CT molecular complexity index is 602. The van der Waals surface area contributed by atoms with Gasteiger partial charge in [0.2, 0.25) is 0 Å². The molecule has 0 aromatic heterocycles. The van der Waals surface area contributed by atoms with Crippen LogP contribution in [0.1, 0.15) is 17.2 Å². The molecule has 0 heterocycles. The van der Waals surface area contributed by atoms with E-state index in [4.69, 9.17) is 4.74 Å². The molecule has 2 rings (SSSR count). The van der Waals surface area contributed by atoms with Crippen molar-refractivity contribution in [2.24, 2.45) is 0 Å². The molecule has 0 aliphatic rings. The second kappa shape index (κ2) is 5.67. The molecule has 1 atom stereocenters. The number of benzene rings is 2. The summed E-state index contributed by atoms with van der Waals surface area (Å²) < 4.78 is 32.7. The van der Waals surface area contributed by atoms with Gasteiger partial charge in [0.1, 0.15) is 23.5 Å². The molecule has 100 valence electrons. The quantitative estimate of drug-likeness (QED) is 0.928. The highest BCUT2D eigenvalue weighted by Crippen LogP contribution is 2.37. The average molecular weight is 329 g/mol. The van der Waals surface area contributed by atoms with Crippen molar-refractivity contribution in [1.82, 2.24) is 0 Å². The second-order valence-corrected chi connectivity index (χ2v) is 4.79. The summed E-state index contributed by atoms with van der Waals surface area (Å²) in [4.78, 5) is 0. The smallest absolute Gasteiger partial charge is 0.142 e. The first-order chi connectivity index (χ1) is 9.04. The fourth-order valence-corrected chi connectivity index (χ4v) is 2.36. The number of aliphatic hydroxyl groups is 1. The summed E-state index contributed by atoms with van der Waals surface area (Å²) in [6.07, 6.45) is -1.30. The van der Waals surface area contributed by atoms with Crippen LogP contribution in [0, 0.1) is 11.6 Å². The van der Waals surface area contributed by atoms with Gasteiger partial charge in [-0.15, -0.1) is 0 Å². The fourth-order valence-electron chi connectivity index (χ4n) is 1.85. The predicted molar refractivity (Wildman–Crippen MR) is 71.1 cm³/mol. The Hall–Kier alpha value is -1.46. The van der Waals surface area contributed by atoms with Crippen LogP contribution in [-0.2, 0) is 0 Å². The summed E-state index contributed by atoms with van der Waals surface area (Å²) in [5, 5.41) is 10.2. The molecule has 2 nitrogen and oxygen atoms in total. The van der Waals surface area contributed by atoms with E-state index in [1.807, 2.05) is 0 Å². The van der Waals surface area contributed by atoms with Gasteiger partial charge in [0.25, 0.3) is 0 Å². The van der Waals surface area contributed by atoms with Crippen LogP contribution in [-0.4, -0.2) is 12.2 Å². The van der Waals surface area contributed by atoms with Crippen molar-refractivity contribution in [2.45, 2.75) is 6.10 Å². The highest BCUT2D eigenvalue weighted by molar-refractivity contribution is 9.10. The standard InChI is InChI=1S/C14H11BrF2O2/c1-19-14-10(15)5-6-11(17)12(14)13(18)8-3-2-4-9(16)7-8/h2-7,13,18H,1H3. The molecular formula is C14H11BrF2O2. The summed E-state index contributed by atoms with van der Waals surface area (Å²) in [5.74, 6) is -0.917. The molecule has 0 fully saturated rings. The molecule has 0 aliphatic heterocycles. The van der Waals surface area contributed by atoms with Crippen molar-refractivity contribution in [3.63, 3.8) is 0 Å². The lowest BCUT2D eigenvalue weighted by Gasteiger charge is -2.17. The van der Waals surface area contributed by atoms with Gasteiger partial charge in [0, 0.05) is 0 Å². The van der Waals surface area contributed by atoms with Crippen LogP contribution < -0.4 is 4.74 Å². The van der Waals surface area contributed by atoms with Crippen LogP contribution in [0.25, 0.3) is 0 Å². The minimum atomic E-state index is -1.30. The van der Waals surface area contributed by atoms with E-state index in [0.717, 1.165) is 6.07 Å². The van der Waals surface area contributed by atoms with E-state index in [2.05, 4.69) is 15.9 Å². The van der Waals surface area contributed by atoms with Gasteiger partial charge >= 0.3 is 0 Å². The van der Waals surface area contributed by atoms with Crippen molar-refractivity contribution in [2.75, 3.05) is 7.11 Å². The molecule has 5 heteroatoms. The molecule has 0 bridgehead atoms. The van der Waals surface area contributed by atoms with E-state index < -0.39 is 17.7 Å². The number of hydrogen-bond acceptors (Lipinski definition) is 2. The molecule has 0 spiro atoms. The van der Waals surface area contributed by atoms with Gasteiger partial charge in [-0.2, -0.15) is 0 Å². The van der Waals surface area contributed by atoms with Crippen molar-refractivity contribution in [1.29, 1.82) is 0 Å². The molecule has 1 N–H and O–H groups in total. The zero-order valence-electron chi connectivity index (χ0n) is 10.0. The lowest BCUT2D eigenvalue weighted by Crippen LogP contribution is -2.06. The van der Waals surface area contributed by atoms with E-state index in [0.29, 0.717) is 4.47 Å². The zero-order chi connectivity index (χ0) is 14.0. The second-order valence-electron chi connectivity index (χ2n) is 3.93. The van der Waals surface area contributed by atoms with E-state index in [1.54, 1.807) is 0 Å². The number of methoxy groups -OCH3 is 1. The van der Waals surface area contributed by atoms with Crippen molar-refractivity contribution >= 4 is 15.9 Å². The SMILES string of the molecule is COc1c(Br)ccc(F)c1C(O)c1cccc(F)c1. The van der Waals surface area contributed by atoms with E-state index in [-0.39, 0.29) is 16.9 Å². The first-order valence-electron chi connectivity index (χ1n) is 5.50. The average Bonchev–Trinajstić information content (AvgIpc) is 2.40. The molecule has 2 aromatic rings. The summed E-state index contributed by atoms with van der Waals surface area (Å²) in [5.41, 5.74) is 0.234. The summed E-state index contributed by atoms with van der Waals surface area (Å²) in [6.45, 7) is 0. The van der Waals surface area contributed by atoms with Gasteiger partial charge in [-0.25, -0.2) is 8.78 Å². The molecule has 0 aliphatic carbocycles. The maximum Gasteiger partial charge on any atom is 0.142 e. The molecule has 19 heavy (non-hydrogen) atoms. The van der Waals surface area contributed by atoms with Gasteiger partial charge in [0.15, 0.2) is 0 Å². The lowest BCUT2D eigenvalue weighted by atomic mass is 10.00. The van der Waals surface area contributed by atoms with Crippen LogP contribution in [0.15, 0.2) is 40.9 Å². The Morgan fingerprint density at radius 2 is 1.95 bits per heavy atom. The molecule has 2 aromatic carbocycles. The third kappa shape index (κ3) is 2.77. The highest BCUT2D eigenvalue weighted by Gasteiger charge is 2.22. The van der Waals surface area contributed by atoms with Crippen LogP contribution >= 0.6 is 15.9 Å². The number of halogens is 3. The summed E-state index contributed by atoms with van der Waals surface area (Å²) in [7, 11) is 1.38. The maximum atomic E-state index is 13.9. The number of hydrogen-bond donors (Lipinski definition) is 1. The largest absolute Gasteiger partial charge is 0.495 e. The van der Waals surface area contributed by atoms with Crippen molar-refractivity contribution < 1.29 is 18.6 Å². The molecular weight excluding hydrogens is 318 g/mol. The molecule has 0 radical (unpaired) electrons. The Morgan fingerprint density at radius 3 is 2.58 bits per heavy atom. The Kier molecular flexibility index (Phi) is 4.17. The Labute approximate surface area is 117 Å². The van der Waals surface area contributed by atoms with E-state index in [1.165, 1.54) is 37.4 Å². The maximum absolute atomic E-state index is 13.9. The topological polar surface area (TPSA) is 29.5 Å². The molecule has 0 saturated carbocycles. The van der Waals surface area contributed by atoms with Crippen LogP contribution in [0.3, 0.4) is 0 Å². The van der Waals surface area contributed by atoms with E-state index in [9.17, 15) is 13.9 Å². The Balaban J connectivity index is 2.55. The predicted octanol–water partition coefficient (Wildman–Crippen LogP) is 3.82. The molecule has 1 unspecified atom stereocenters. The molecule has 0 saturated heterocycles. The van der Waals surface area contributed by atoms with E-state index >= 15 is 0 Å². The number of ether oxygens (including phenoxy) is 1. The first kappa shape index (κ1) is 14.0. The van der Waals surface area contributed by atoms with Crippen molar-refractivity contribution in [3.8, 4) is 5.75 Å². The van der Waals surface area contributed by atoms with Gasteiger partial charge in [-0.05, 0) is 45.8 Å². The van der Waals surface area contributed by atoms with Crippen LogP contribution in [0.4, 0.5) is 8.78 Å². The Morgan fingerprint density at radius 1 is 1.21 bits per heavy atom. The van der Waals surface area contributed by atoms with Gasteiger partial charge in [-0.3, -0.25) is 0 Å². The van der Waals surface area contributed by atoms with Gasteiger partial charge in [-0.1, -0.05) is 12.1 Å². The number of rotatable bonds is 3. The van der Waals surface area contributed by atoms with Gasteiger partial charge < -0.3 is 9.84 Å². The normalized spacial score (nSPS) is 12.3. The molecule has 0 amide bonds. The third-order valence-corrected chi connectivity index (χ3v) is 3.36. The van der Waals surface area contributed by atoms with Gasteiger partial charge in [0.05, 0.1) is 17.1 Å². The van der Waals surface area contributed by atoms with Crippen molar-refractivity contribution in [3.05, 3.63) is 63.6 Å². The summed E-state index contributed by atoms with van der Waals surface area (Å²) >= 11 is 3.22. The minimum Gasteiger partial charge on any atom is -0.495 e. The third-order valence-electron chi connectivity index (χ3n) is 2.74. The van der Waals surface area contributed by atoms with Crippen LogP contribution in [0.5, 0.6) is 5.75 Å². The zero-order valence-corrected chi connectivity index (χ0v) is 11.6. The monoisotopic (exact) mass is 328 g/mol. The fraction of sp³-hybridized carbons (Fsp3) is 0.143.